The van der Waals surface area contributed by atoms with Crippen LogP contribution in [0.15, 0.2) is 42.5 Å². The minimum absolute atomic E-state index is 0.00390. The summed E-state index contributed by atoms with van der Waals surface area (Å²) in [7, 11) is 0. The SMILES string of the molecule is O=C(COC(=O)c1ccc(N2CCOCC2)c([N+](=O)[O-])c1)NCc1ccc(Cl)cc1. The zero-order valence-corrected chi connectivity index (χ0v) is 16.8. The van der Waals surface area contributed by atoms with Gasteiger partial charge in [0.05, 0.1) is 23.7 Å². The van der Waals surface area contributed by atoms with Crippen molar-refractivity contribution in [3.8, 4) is 0 Å². The number of nitrogens with one attached hydrogen (secondary N) is 1. The van der Waals surface area contributed by atoms with Gasteiger partial charge in [-0.25, -0.2) is 4.79 Å². The number of morpholine rings is 1. The molecule has 0 aromatic heterocycles. The first-order valence-corrected chi connectivity index (χ1v) is 9.61. The van der Waals surface area contributed by atoms with Crippen molar-refractivity contribution in [1.29, 1.82) is 0 Å². The summed E-state index contributed by atoms with van der Waals surface area (Å²) in [5, 5.41) is 14.7. The summed E-state index contributed by atoms with van der Waals surface area (Å²) in [5.41, 5.74) is 1.07. The molecule has 2 aromatic carbocycles. The van der Waals surface area contributed by atoms with Gasteiger partial charge in [0.2, 0.25) is 0 Å². The van der Waals surface area contributed by atoms with Crippen molar-refractivity contribution < 1.29 is 24.0 Å². The molecule has 1 N–H and O–H groups in total. The number of nitrogens with zero attached hydrogens (tertiary/aromatic N) is 2. The Bertz CT molecular complexity index is 929. The van der Waals surface area contributed by atoms with Gasteiger partial charge in [-0.2, -0.15) is 0 Å². The van der Waals surface area contributed by atoms with Crippen LogP contribution < -0.4 is 10.2 Å². The van der Waals surface area contributed by atoms with Crippen LogP contribution in [0, 0.1) is 10.1 Å². The van der Waals surface area contributed by atoms with Crippen molar-refractivity contribution in [3.05, 3.63) is 68.7 Å². The topological polar surface area (TPSA) is 111 Å². The Hall–Kier alpha value is -3.17. The van der Waals surface area contributed by atoms with Crippen LogP contribution in [0.5, 0.6) is 0 Å². The molecule has 10 heteroatoms. The zero-order chi connectivity index (χ0) is 21.5. The van der Waals surface area contributed by atoms with Gasteiger partial charge in [0.25, 0.3) is 11.6 Å². The second-order valence-electron chi connectivity index (χ2n) is 6.54. The fourth-order valence-electron chi connectivity index (χ4n) is 2.94. The molecule has 0 aliphatic carbocycles. The number of nitro benzene ring substituents is 1. The molecule has 1 heterocycles. The molecule has 0 radical (unpaired) electrons. The highest BCUT2D eigenvalue weighted by Gasteiger charge is 2.24. The highest BCUT2D eigenvalue weighted by atomic mass is 35.5. The maximum Gasteiger partial charge on any atom is 0.338 e. The molecule has 1 saturated heterocycles. The highest BCUT2D eigenvalue weighted by molar-refractivity contribution is 6.30. The minimum atomic E-state index is -0.812. The first-order chi connectivity index (χ1) is 14.4. The summed E-state index contributed by atoms with van der Waals surface area (Å²) in [4.78, 5) is 36.9. The number of hydrogen-bond acceptors (Lipinski definition) is 7. The van der Waals surface area contributed by atoms with Gasteiger partial charge in [-0.05, 0) is 29.8 Å². The summed E-state index contributed by atoms with van der Waals surface area (Å²) in [6.45, 7) is 1.77. The van der Waals surface area contributed by atoms with Crippen molar-refractivity contribution in [3.63, 3.8) is 0 Å². The van der Waals surface area contributed by atoms with Gasteiger partial charge < -0.3 is 19.7 Å². The summed E-state index contributed by atoms with van der Waals surface area (Å²) >= 11 is 5.81. The molecule has 9 nitrogen and oxygen atoms in total. The maximum atomic E-state index is 12.3. The van der Waals surface area contributed by atoms with Gasteiger partial charge in [0, 0.05) is 30.7 Å². The number of nitro groups is 1. The number of benzene rings is 2. The molecule has 1 fully saturated rings. The number of ether oxygens (including phenoxy) is 2. The number of esters is 1. The Morgan fingerprint density at radius 2 is 1.87 bits per heavy atom. The summed E-state index contributed by atoms with van der Waals surface area (Å²) in [6.07, 6.45) is 0. The average molecular weight is 434 g/mol. The fraction of sp³-hybridized carbons (Fsp3) is 0.300. The summed E-state index contributed by atoms with van der Waals surface area (Å²) in [6, 6.07) is 11.1. The van der Waals surface area contributed by atoms with E-state index >= 15 is 0 Å². The van der Waals surface area contributed by atoms with Gasteiger partial charge >= 0.3 is 5.97 Å². The highest BCUT2D eigenvalue weighted by Crippen LogP contribution is 2.30. The lowest BCUT2D eigenvalue weighted by atomic mass is 10.1. The van der Waals surface area contributed by atoms with E-state index in [9.17, 15) is 19.7 Å². The number of hydrogen-bond donors (Lipinski definition) is 1. The number of halogens is 1. The number of amides is 1. The van der Waals surface area contributed by atoms with Crippen molar-refractivity contribution in [2.75, 3.05) is 37.8 Å². The Morgan fingerprint density at radius 3 is 2.53 bits per heavy atom. The third-order valence-corrected chi connectivity index (χ3v) is 4.75. The molecule has 30 heavy (non-hydrogen) atoms. The van der Waals surface area contributed by atoms with Crippen LogP contribution >= 0.6 is 11.6 Å². The molecule has 3 rings (SSSR count). The third-order valence-electron chi connectivity index (χ3n) is 4.50. The van der Waals surface area contributed by atoms with E-state index in [1.165, 1.54) is 18.2 Å². The van der Waals surface area contributed by atoms with Gasteiger partial charge in [0.1, 0.15) is 5.69 Å². The van der Waals surface area contributed by atoms with E-state index in [1.807, 2.05) is 4.90 Å². The molecule has 2 aromatic rings. The lowest BCUT2D eigenvalue weighted by molar-refractivity contribution is -0.384. The quantitative estimate of drug-likeness (QED) is 0.405. The maximum absolute atomic E-state index is 12.3. The van der Waals surface area contributed by atoms with Crippen LogP contribution in [-0.4, -0.2) is 49.7 Å². The van der Waals surface area contributed by atoms with Crippen LogP contribution in [0.4, 0.5) is 11.4 Å². The molecule has 1 aliphatic rings. The van der Waals surface area contributed by atoms with Gasteiger partial charge in [-0.3, -0.25) is 14.9 Å². The zero-order valence-electron chi connectivity index (χ0n) is 16.0. The third kappa shape index (κ3) is 5.68. The van der Waals surface area contributed by atoms with Gasteiger partial charge in [-0.1, -0.05) is 23.7 Å². The Balaban J connectivity index is 1.57. The molecular formula is C20H20ClN3O6. The normalized spacial score (nSPS) is 13.6. The molecule has 0 bridgehead atoms. The second-order valence-corrected chi connectivity index (χ2v) is 6.98. The summed E-state index contributed by atoms with van der Waals surface area (Å²) < 4.78 is 10.3. The van der Waals surface area contributed by atoms with Crippen LogP contribution in [-0.2, 0) is 20.8 Å². The van der Waals surface area contributed by atoms with Crippen molar-refractivity contribution in [1.82, 2.24) is 5.32 Å². The van der Waals surface area contributed by atoms with Crippen molar-refractivity contribution >= 4 is 34.9 Å². The molecule has 0 atom stereocenters. The Labute approximate surface area is 177 Å². The Morgan fingerprint density at radius 1 is 1.17 bits per heavy atom. The summed E-state index contributed by atoms with van der Waals surface area (Å²) in [5.74, 6) is -1.30. The van der Waals surface area contributed by atoms with E-state index in [4.69, 9.17) is 21.1 Å². The van der Waals surface area contributed by atoms with Crippen LogP contribution in [0.25, 0.3) is 0 Å². The molecule has 158 valence electrons. The predicted octanol–water partition coefficient (Wildman–Crippen LogP) is 2.56. The monoisotopic (exact) mass is 433 g/mol. The van der Waals surface area contributed by atoms with Gasteiger partial charge in [-0.15, -0.1) is 0 Å². The molecule has 0 saturated carbocycles. The van der Waals surface area contributed by atoms with E-state index in [0.717, 1.165) is 5.56 Å². The van der Waals surface area contributed by atoms with E-state index in [2.05, 4.69) is 5.32 Å². The predicted molar refractivity (Wildman–Crippen MR) is 110 cm³/mol. The first kappa shape index (κ1) is 21.5. The lowest BCUT2D eigenvalue weighted by Crippen LogP contribution is -2.36. The second kappa shape index (κ2) is 10.0. The Kier molecular flexibility index (Phi) is 7.21. The van der Waals surface area contributed by atoms with Crippen molar-refractivity contribution in [2.24, 2.45) is 0 Å². The lowest BCUT2D eigenvalue weighted by Gasteiger charge is -2.28. The molecular weight excluding hydrogens is 414 g/mol. The van der Waals surface area contributed by atoms with E-state index in [0.29, 0.717) is 37.0 Å². The number of anilines is 1. The van der Waals surface area contributed by atoms with Crippen LogP contribution in [0.3, 0.4) is 0 Å². The molecule has 1 amide bonds. The molecule has 0 spiro atoms. The largest absolute Gasteiger partial charge is 0.452 e. The van der Waals surface area contributed by atoms with Crippen LogP contribution in [0.2, 0.25) is 5.02 Å². The minimum Gasteiger partial charge on any atom is -0.452 e. The number of carbonyl (C=O) groups excluding carboxylic acids is 2. The van der Waals surface area contributed by atoms with Crippen molar-refractivity contribution in [2.45, 2.75) is 6.54 Å². The van der Waals surface area contributed by atoms with Crippen LogP contribution in [0.1, 0.15) is 15.9 Å². The number of rotatable bonds is 7. The smallest absolute Gasteiger partial charge is 0.338 e. The van der Waals surface area contributed by atoms with E-state index in [-0.39, 0.29) is 17.8 Å². The fourth-order valence-corrected chi connectivity index (χ4v) is 3.06. The molecule has 1 aliphatic heterocycles. The number of carbonyl (C=O) groups is 2. The van der Waals surface area contributed by atoms with Gasteiger partial charge in [0.15, 0.2) is 6.61 Å². The van der Waals surface area contributed by atoms with E-state index < -0.39 is 23.4 Å². The standard InChI is InChI=1S/C20H20ClN3O6/c21-16-4-1-14(2-5-16)12-22-19(25)13-30-20(26)15-3-6-17(18(11-15)24(27)28)23-7-9-29-10-8-23/h1-6,11H,7-10,12-13H2,(H,22,25). The first-order valence-electron chi connectivity index (χ1n) is 9.23. The average Bonchev–Trinajstić information content (AvgIpc) is 2.77. The molecule has 0 unspecified atom stereocenters. The van der Waals surface area contributed by atoms with E-state index in [1.54, 1.807) is 24.3 Å².